The lowest BCUT2D eigenvalue weighted by molar-refractivity contribution is -0.129. The first-order valence-electron chi connectivity index (χ1n) is 7.26. The van der Waals surface area contributed by atoms with Crippen LogP contribution in [-0.2, 0) is 4.79 Å². The van der Waals surface area contributed by atoms with Gasteiger partial charge in [0.25, 0.3) is 0 Å². The molecular weight excluding hydrogens is 341 g/mol. The highest BCUT2D eigenvalue weighted by Crippen LogP contribution is 2.22. The number of hydrogen-bond donors (Lipinski definition) is 1. The van der Waals surface area contributed by atoms with Crippen molar-refractivity contribution in [2.24, 2.45) is 0 Å². The number of nitrogens with one attached hydrogen (secondary N) is 1. The highest BCUT2D eigenvalue weighted by molar-refractivity contribution is 7.99. The van der Waals surface area contributed by atoms with Crippen molar-refractivity contribution in [3.63, 3.8) is 0 Å². The third kappa shape index (κ3) is 5.88. The molecule has 0 spiro atoms. The highest BCUT2D eigenvalue weighted by atomic mass is 32.2. The zero-order valence-corrected chi connectivity index (χ0v) is 13.8. The Balaban J connectivity index is 1.81. The van der Waals surface area contributed by atoms with E-state index >= 15 is 0 Å². The summed E-state index contributed by atoms with van der Waals surface area (Å²) in [7, 11) is 0. The van der Waals surface area contributed by atoms with Crippen LogP contribution in [0.3, 0.4) is 0 Å². The Morgan fingerprint density at radius 1 is 1.38 bits per heavy atom. The topological polar surface area (TPSA) is 59.8 Å². The molecule has 24 heavy (non-hydrogen) atoms. The Morgan fingerprint density at radius 3 is 2.83 bits per heavy atom. The predicted molar refractivity (Wildman–Crippen MR) is 87.3 cm³/mol. The summed E-state index contributed by atoms with van der Waals surface area (Å²) in [5, 5.41) is 7.03. The zero-order chi connectivity index (χ0) is 17.6. The van der Waals surface area contributed by atoms with Crippen molar-refractivity contribution >= 4 is 23.4 Å². The molecule has 9 heteroatoms. The summed E-state index contributed by atoms with van der Waals surface area (Å²) >= 11 is 1.12. The summed E-state index contributed by atoms with van der Waals surface area (Å²) in [5.41, 5.74) is 1.99. The van der Waals surface area contributed by atoms with Gasteiger partial charge in [-0.1, -0.05) is 0 Å². The normalized spacial score (nSPS) is 11.5. The van der Waals surface area contributed by atoms with Gasteiger partial charge in [-0.25, -0.2) is 4.68 Å². The van der Waals surface area contributed by atoms with E-state index in [1.807, 2.05) is 6.07 Å². The van der Waals surface area contributed by atoms with E-state index in [0.29, 0.717) is 17.1 Å². The van der Waals surface area contributed by atoms with E-state index < -0.39 is 12.6 Å². The second kappa shape index (κ2) is 8.18. The standard InChI is InChI=1S/C15H17F3N4OS/c1-11-13(10-22(21-11)12-3-2-6-19-9-12)20-14(23)4-7-24-8-5-15(16,17)18/h2-3,6,9-10H,4-5,7-8H2,1H3,(H,20,23). The average Bonchev–Trinajstić information content (AvgIpc) is 2.88. The number of amides is 1. The summed E-state index contributed by atoms with van der Waals surface area (Å²) in [5.74, 6) is 0.0651. The molecule has 1 N–H and O–H groups in total. The predicted octanol–water partition coefficient (Wildman–Crippen LogP) is 3.59. The van der Waals surface area contributed by atoms with Crippen LogP contribution in [0.1, 0.15) is 18.5 Å². The van der Waals surface area contributed by atoms with Gasteiger partial charge in [-0.3, -0.25) is 9.78 Å². The Kier molecular flexibility index (Phi) is 6.24. The zero-order valence-electron chi connectivity index (χ0n) is 13.0. The van der Waals surface area contributed by atoms with E-state index in [1.54, 1.807) is 36.3 Å². The molecule has 5 nitrogen and oxygen atoms in total. The Labute approximate surface area is 141 Å². The van der Waals surface area contributed by atoms with Crippen LogP contribution in [-0.4, -0.2) is 38.4 Å². The summed E-state index contributed by atoms with van der Waals surface area (Å²) in [6.45, 7) is 1.76. The second-order valence-corrected chi connectivity index (χ2v) is 6.28. The Morgan fingerprint density at radius 2 is 2.17 bits per heavy atom. The first-order chi connectivity index (χ1) is 11.3. The lowest BCUT2D eigenvalue weighted by Crippen LogP contribution is -2.13. The van der Waals surface area contributed by atoms with Gasteiger partial charge >= 0.3 is 6.18 Å². The van der Waals surface area contributed by atoms with Crippen molar-refractivity contribution in [1.82, 2.24) is 14.8 Å². The van der Waals surface area contributed by atoms with Crippen molar-refractivity contribution in [3.05, 3.63) is 36.4 Å². The molecule has 2 aromatic heterocycles. The van der Waals surface area contributed by atoms with Crippen LogP contribution < -0.4 is 5.32 Å². The fourth-order valence-corrected chi connectivity index (χ4v) is 2.78. The molecule has 2 aromatic rings. The molecule has 2 rings (SSSR count). The Hall–Kier alpha value is -2.03. The van der Waals surface area contributed by atoms with E-state index in [2.05, 4.69) is 15.4 Å². The number of carbonyl (C=O) groups excluding carboxylic acids is 1. The van der Waals surface area contributed by atoms with Crippen molar-refractivity contribution in [1.29, 1.82) is 0 Å². The minimum absolute atomic E-state index is 0.0330. The summed E-state index contributed by atoms with van der Waals surface area (Å²) in [6.07, 6.45) is 0.152. The van der Waals surface area contributed by atoms with Crippen LogP contribution >= 0.6 is 11.8 Å². The van der Waals surface area contributed by atoms with Gasteiger partial charge in [-0.05, 0) is 19.1 Å². The number of rotatable bonds is 7. The third-order valence-electron chi connectivity index (χ3n) is 3.09. The minimum Gasteiger partial charge on any atom is -0.323 e. The lowest BCUT2D eigenvalue weighted by Gasteiger charge is -2.06. The Bertz CT molecular complexity index is 673. The molecule has 0 radical (unpaired) electrons. The highest BCUT2D eigenvalue weighted by Gasteiger charge is 2.26. The minimum atomic E-state index is -4.15. The number of alkyl halides is 3. The molecule has 0 unspecified atom stereocenters. The van der Waals surface area contributed by atoms with Crippen molar-refractivity contribution in [2.45, 2.75) is 25.9 Å². The van der Waals surface area contributed by atoms with E-state index in [0.717, 1.165) is 17.4 Å². The van der Waals surface area contributed by atoms with Crippen LogP contribution in [0.15, 0.2) is 30.7 Å². The van der Waals surface area contributed by atoms with Crippen molar-refractivity contribution in [3.8, 4) is 5.69 Å². The van der Waals surface area contributed by atoms with E-state index in [4.69, 9.17) is 0 Å². The molecule has 0 saturated heterocycles. The maximum absolute atomic E-state index is 12.0. The number of hydrogen-bond acceptors (Lipinski definition) is 4. The third-order valence-corrected chi connectivity index (χ3v) is 4.07. The van der Waals surface area contributed by atoms with Gasteiger partial charge in [-0.2, -0.15) is 30.0 Å². The maximum atomic E-state index is 12.0. The number of aryl methyl sites for hydroxylation is 1. The number of halogens is 3. The van der Waals surface area contributed by atoms with Crippen LogP contribution in [0, 0.1) is 6.92 Å². The molecule has 0 saturated carbocycles. The molecule has 0 aromatic carbocycles. The van der Waals surface area contributed by atoms with Gasteiger partial charge < -0.3 is 5.32 Å². The molecule has 0 fully saturated rings. The van der Waals surface area contributed by atoms with E-state index in [1.165, 1.54) is 0 Å². The first-order valence-corrected chi connectivity index (χ1v) is 8.41. The molecule has 0 aliphatic carbocycles. The number of pyridine rings is 1. The summed E-state index contributed by atoms with van der Waals surface area (Å²) in [6, 6.07) is 3.62. The van der Waals surface area contributed by atoms with Gasteiger partial charge in [0.1, 0.15) is 0 Å². The monoisotopic (exact) mass is 358 g/mol. The van der Waals surface area contributed by atoms with E-state index in [9.17, 15) is 18.0 Å². The molecule has 0 aliphatic rings. The average molecular weight is 358 g/mol. The molecular formula is C15H17F3N4OS. The number of aromatic nitrogens is 3. The van der Waals surface area contributed by atoms with Gasteiger partial charge in [-0.15, -0.1) is 0 Å². The quantitative estimate of drug-likeness (QED) is 0.769. The number of anilines is 1. The first kappa shape index (κ1) is 18.3. The van der Waals surface area contributed by atoms with E-state index in [-0.39, 0.29) is 18.1 Å². The number of nitrogens with zero attached hydrogens (tertiary/aromatic N) is 3. The molecule has 0 aliphatic heterocycles. The van der Waals surface area contributed by atoms with Gasteiger partial charge in [0.05, 0.1) is 35.9 Å². The maximum Gasteiger partial charge on any atom is 0.389 e. The van der Waals surface area contributed by atoms with Crippen LogP contribution in [0.2, 0.25) is 0 Å². The molecule has 2 heterocycles. The van der Waals surface area contributed by atoms with Crippen LogP contribution in [0.4, 0.5) is 18.9 Å². The van der Waals surface area contributed by atoms with Crippen molar-refractivity contribution in [2.75, 3.05) is 16.8 Å². The van der Waals surface area contributed by atoms with Crippen LogP contribution in [0.5, 0.6) is 0 Å². The SMILES string of the molecule is Cc1nn(-c2cccnc2)cc1NC(=O)CCSCCC(F)(F)F. The lowest BCUT2D eigenvalue weighted by atomic mass is 10.3. The number of thioether (sulfide) groups is 1. The van der Waals surface area contributed by atoms with Crippen LogP contribution in [0.25, 0.3) is 5.69 Å². The molecule has 1 amide bonds. The van der Waals surface area contributed by atoms with Gasteiger partial charge in [0.2, 0.25) is 5.91 Å². The molecule has 130 valence electrons. The second-order valence-electron chi connectivity index (χ2n) is 5.06. The fourth-order valence-electron chi connectivity index (χ4n) is 1.87. The van der Waals surface area contributed by atoms with Gasteiger partial charge in [0, 0.05) is 24.1 Å². The summed E-state index contributed by atoms with van der Waals surface area (Å²) in [4.78, 5) is 15.9. The molecule has 0 atom stereocenters. The van der Waals surface area contributed by atoms with Crippen molar-refractivity contribution < 1.29 is 18.0 Å². The summed E-state index contributed by atoms with van der Waals surface area (Å²) < 4.78 is 37.6. The fraction of sp³-hybridized carbons (Fsp3) is 0.400. The van der Waals surface area contributed by atoms with Gasteiger partial charge in [0.15, 0.2) is 0 Å². The smallest absolute Gasteiger partial charge is 0.323 e. The largest absolute Gasteiger partial charge is 0.389 e. The number of carbonyl (C=O) groups is 1. The molecule has 0 bridgehead atoms.